The molecule has 1 rings (SSSR count). The number of hydrogen-bond donors (Lipinski definition) is 1. The number of hydrogen-bond acceptors (Lipinski definition) is 4. The molecule has 0 aliphatic carbocycles. The minimum Gasteiger partial charge on any atom is -0.481 e. The van der Waals surface area contributed by atoms with E-state index in [1.807, 2.05) is 27.7 Å². The summed E-state index contributed by atoms with van der Waals surface area (Å²) in [6.07, 6.45) is 0.994. The van der Waals surface area contributed by atoms with Crippen molar-refractivity contribution in [2.75, 3.05) is 26.3 Å². The van der Waals surface area contributed by atoms with Crippen LogP contribution < -0.4 is 0 Å². The molecule has 0 spiro atoms. The molecule has 1 aliphatic rings. The number of amides is 1. The Morgan fingerprint density at radius 1 is 1.24 bits per heavy atom. The van der Waals surface area contributed by atoms with Gasteiger partial charge in [-0.3, -0.25) is 4.79 Å². The van der Waals surface area contributed by atoms with Gasteiger partial charge in [-0.1, -0.05) is 0 Å². The molecule has 21 heavy (non-hydrogen) atoms. The molecule has 1 fully saturated rings. The van der Waals surface area contributed by atoms with Crippen LogP contribution in [-0.2, 0) is 14.3 Å². The van der Waals surface area contributed by atoms with Gasteiger partial charge in [-0.05, 0) is 47.0 Å². The Morgan fingerprint density at radius 3 is 2.24 bits per heavy atom. The van der Waals surface area contributed by atoms with E-state index < -0.39 is 17.0 Å². The third-order valence-corrected chi connectivity index (χ3v) is 3.75. The third-order valence-electron chi connectivity index (χ3n) is 3.75. The van der Waals surface area contributed by atoms with Gasteiger partial charge >= 0.3 is 12.1 Å². The lowest BCUT2D eigenvalue weighted by atomic mass is 9.76. The second-order valence-electron chi connectivity index (χ2n) is 6.50. The predicted octanol–water partition coefficient (Wildman–Crippen LogP) is 2.51. The average Bonchev–Trinajstić information content (AvgIpc) is 2.37. The molecular weight excluding hydrogens is 274 g/mol. The molecule has 0 bridgehead atoms. The fourth-order valence-electron chi connectivity index (χ4n) is 2.43. The van der Waals surface area contributed by atoms with Crippen molar-refractivity contribution >= 4 is 12.1 Å². The molecule has 1 N–H and O–H groups in total. The minimum absolute atomic E-state index is 0.369. The molecule has 0 radical (unpaired) electrons. The quantitative estimate of drug-likeness (QED) is 0.790. The van der Waals surface area contributed by atoms with Gasteiger partial charge < -0.3 is 19.5 Å². The molecule has 0 aromatic rings. The SMILES string of the molecule is CCOCCC1(C(=O)O)CCN(C(=O)OC(C)(C)C)CC1. The molecule has 1 saturated heterocycles. The van der Waals surface area contributed by atoms with E-state index in [9.17, 15) is 14.7 Å². The Hall–Kier alpha value is -1.30. The molecule has 122 valence electrons. The van der Waals surface area contributed by atoms with Gasteiger partial charge in [0, 0.05) is 26.3 Å². The lowest BCUT2D eigenvalue weighted by Crippen LogP contribution is -2.48. The monoisotopic (exact) mass is 301 g/mol. The Morgan fingerprint density at radius 2 is 1.81 bits per heavy atom. The summed E-state index contributed by atoms with van der Waals surface area (Å²) < 4.78 is 10.6. The first-order chi connectivity index (χ1) is 9.70. The summed E-state index contributed by atoms with van der Waals surface area (Å²) in [5.74, 6) is -0.800. The molecule has 1 aliphatic heterocycles. The zero-order valence-corrected chi connectivity index (χ0v) is 13.5. The van der Waals surface area contributed by atoms with E-state index >= 15 is 0 Å². The van der Waals surface area contributed by atoms with Crippen molar-refractivity contribution in [1.82, 2.24) is 4.90 Å². The fraction of sp³-hybridized carbons (Fsp3) is 0.867. The van der Waals surface area contributed by atoms with E-state index in [1.165, 1.54) is 0 Å². The fourth-order valence-corrected chi connectivity index (χ4v) is 2.43. The Labute approximate surface area is 126 Å². The van der Waals surface area contributed by atoms with Crippen molar-refractivity contribution in [2.45, 2.75) is 52.6 Å². The van der Waals surface area contributed by atoms with Crippen LogP contribution in [0, 0.1) is 5.41 Å². The predicted molar refractivity (Wildman–Crippen MR) is 78.2 cm³/mol. The van der Waals surface area contributed by atoms with E-state index in [0.717, 1.165) is 0 Å². The van der Waals surface area contributed by atoms with Crippen LogP contribution in [0.25, 0.3) is 0 Å². The number of carboxylic acid groups (broad SMARTS) is 1. The van der Waals surface area contributed by atoms with Crippen LogP contribution in [-0.4, -0.2) is 54.0 Å². The van der Waals surface area contributed by atoms with Crippen molar-refractivity contribution in [3.05, 3.63) is 0 Å². The smallest absolute Gasteiger partial charge is 0.410 e. The number of rotatable bonds is 5. The molecule has 1 amide bonds. The summed E-state index contributed by atoms with van der Waals surface area (Å²) in [7, 11) is 0. The second-order valence-corrected chi connectivity index (χ2v) is 6.50. The number of piperidine rings is 1. The molecule has 0 atom stereocenters. The van der Waals surface area contributed by atoms with E-state index in [2.05, 4.69) is 0 Å². The zero-order chi connectivity index (χ0) is 16.1. The second kappa shape index (κ2) is 7.11. The Bertz CT molecular complexity index is 367. The number of likely N-dealkylation sites (tertiary alicyclic amines) is 1. The summed E-state index contributed by atoms with van der Waals surface area (Å²) in [6.45, 7) is 9.18. The minimum atomic E-state index is -0.800. The molecule has 0 aromatic heterocycles. The maximum absolute atomic E-state index is 12.0. The van der Waals surface area contributed by atoms with Gasteiger partial charge in [0.25, 0.3) is 0 Å². The zero-order valence-electron chi connectivity index (χ0n) is 13.5. The maximum atomic E-state index is 12.0. The summed E-state index contributed by atoms with van der Waals surface area (Å²) >= 11 is 0. The van der Waals surface area contributed by atoms with Gasteiger partial charge in [-0.2, -0.15) is 0 Å². The summed E-state index contributed by atoms with van der Waals surface area (Å²) in [6, 6.07) is 0. The summed E-state index contributed by atoms with van der Waals surface area (Å²) in [5.41, 5.74) is -1.32. The van der Waals surface area contributed by atoms with Crippen molar-refractivity contribution in [1.29, 1.82) is 0 Å². The van der Waals surface area contributed by atoms with E-state index in [0.29, 0.717) is 45.6 Å². The topological polar surface area (TPSA) is 76.1 Å². The van der Waals surface area contributed by atoms with Crippen LogP contribution in [0.2, 0.25) is 0 Å². The van der Waals surface area contributed by atoms with E-state index in [4.69, 9.17) is 9.47 Å². The number of nitrogens with zero attached hydrogens (tertiary/aromatic N) is 1. The molecule has 0 unspecified atom stereocenters. The highest BCUT2D eigenvalue weighted by molar-refractivity contribution is 5.75. The summed E-state index contributed by atoms with van der Waals surface area (Å²) in [4.78, 5) is 25.2. The first kappa shape index (κ1) is 17.8. The van der Waals surface area contributed by atoms with Crippen molar-refractivity contribution in [3.63, 3.8) is 0 Å². The molecular formula is C15H27NO5. The third kappa shape index (κ3) is 5.19. The van der Waals surface area contributed by atoms with Gasteiger partial charge in [-0.15, -0.1) is 0 Å². The number of aliphatic carboxylic acids is 1. The van der Waals surface area contributed by atoms with Crippen molar-refractivity contribution in [3.8, 4) is 0 Å². The van der Waals surface area contributed by atoms with Crippen LogP contribution in [0.15, 0.2) is 0 Å². The maximum Gasteiger partial charge on any atom is 0.410 e. The average molecular weight is 301 g/mol. The lowest BCUT2D eigenvalue weighted by molar-refractivity contribution is -0.153. The molecule has 6 heteroatoms. The lowest BCUT2D eigenvalue weighted by Gasteiger charge is -2.39. The number of carbonyl (C=O) groups is 2. The molecule has 1 heterocycles. The van der Waals surface area contributed by atoms with E-state index in [-0.39, 0.29) is 6.09 Å². The van der Waals surface area contributed by atoms with Gasteiger partial charge in [0.05, 0.1) is 5.41 Å². The van der Waals surface area contributed by atoms with Crippen molar-refractivity contribution in [2.24, 2.45) is 5.41 Å². The van der Waals surface area contributed by atoms with Crippen LogP contribution in [0.4, 0.5) is 4.79 Å². The van der Waals surface area contributed by atoms with Crippen molar-refractivity contribution < 1.29 is 24.2 Å². The first-order valence-electron chi connectivity index (χ1n) is 7.49. The number of carbonyl (C=O) groups excluding carboxylic acids is 1. The first-order valence-corrected chi connectivity index (χ1v) is 7.49. The van der Waals surface area contributed by atoms with Crippen LogP contribution in [0.3, 0.4) is 0 Å². The van der Waals surface area contributed by atoms with Gasteiger partial charge in [0.1, 0.15) is 5.60 Å². The van der Waals surface area contributed by atoms with Gasteiger partial charge in [0.15, 0.2) is 0 Å². The number of carboxylic acids is 1. The van der Waals surface area contributed by atoms with Crippen LogP contribution in [0.1, 0.15) is 47.0 Å². The highest BCUT2D eigenvalue weighted by Crippen LogP contribution is 2.35. The highest BCUT2D eigenvalue weighted by Gasteiger charge is 2.42. The van der Waals surface area contributed by atoms with Gasteiger partial charge in [0.2, 0.25) is 0 Å². The standard InChI is InChI=1S/C15H27NO5/c1-5-20-11-8-15(12(17)18)6-9-16(10-7-15)13(19)21-14(2,3)4/h5-11H2,1-4H3,(H,17,18). The molecule has 0 saturated carbocycles. The Balaban J connectivity index is 2.58. The summed E-state index contributed by atoms with van der Waals surface area (Å²) in [5, 5.41) is 9.51. The van der Waals surface area contributed by atoms with Crippen LogP contribution in [0.5, 0.6) is 0 Å². The normalized spacial score (nSPS) is 18.4. The highest BCUT2D eigenvalue weighted by atomic mass is 16.6. The van der Waals surface area contributed by atoms with E-state index in [1.54, 1.807) is 4.90 Å². The largest absolute Gasteiger partial charge is 0.481 e. The van der Waals surface area contributed by atoms with Crippen LogP contribution >= 0.6 is 0 Å². The molecule has 0 aromatic carbocycles. The Kier molecular flexibility index (Phi) is 6.01. The number of ether oxygens (including phenoxy) is 2. The van der Waals surface area contributed by atoms with Gasteiger partial charge in [-0.25, -0.2) is 4.79 Å². The molecule has 6 nitrogen and oxygen atoms in total.